The van der Waals surface area contributed by atoms with E-state index in [9.17, 15) is 4.79 Å². The molecule has 0 spiro atoms. The number of fused-ring (bicyclic) bond motifs is 1. The van der Waals surface area contributed by atoms with Crippen LogP contribution in [0.4, 0.5) is 0 Å². The third-order valence-corrected chi connectivity index (χ3v) is 7.01. The molecule has 0 N–H and O–H groups in total. The summed E-state index contributed by atoms with van der Waals surface area (Å²) in [5, 5.41) is 0. The lowest BCUT2D eigenvalue weighted by Crippen LogP contribution is -2.45. The molecule has 7 nitrogen and oxygen atoms in total. The highest BCUT2D eigenvalue weighted by molar-refractivity contribution is 5.95. The lowest BCUT2D eigenvalue weighted by Gasteiger charge is -2.37. The molecular formula is C28H39N5O2. The van der Waals surface area contributed by atoms with Crippen molar-refractivity contribution in [2.24, 2.45) is 0 Å². The number of benzene rings is 1. The minimum Gasteiger partial charge on any atom is -0.496 e. The van der Waals surface area contributed by atoms with Gasteiger partial charge in [0.2, 0.25) is 0 Å². The van der Waals surface area contributed by atoms with Gasteiger partial charge in [0, 0.05) is 42.4 Å². The summed E-state index contributed by atoms with van der Waals surface area (Å²) in [6, 6.07) is 10.4. The molecule has 2 heterocycles. The average Bonchev–Trinajstić information content (AvgIpc) is 3.20. The summed E-state index contributed by atoms with van der Waals surface area (Å²) in [7, 11) is 5.81. The minimum absolute atomic E-state index is 0.0979. The molecule has 1 fully saturated rings. The highest BCUT2D eigenvalue weighted by Crippen LogP contribution is 2.29. The van der Waals surface area contributed by atoms with Gasteiger partial charge in [-0.1, -0.05) is 25.3 Å². The maximum Gasteiger partial charge on any atom is 0.254 e. The molecule has 7 heteroatoms. The third kappa shape index (κ3) is 5.67. The van der Waals surface area contributed by atoms with Gasteiger partial charge in [-0.15, -0.1) is 0 Å². The second-order valence-electron chi connectivity index (χ2n) is 10.1. The van der Waals surface area contributed by atoms with Crippen molar-refractivity contribution in [1.29, 1.82) is 0 Å². The number of rotatable bonds is 9. The largest absolute Gasteiger partial charge is 0.496 e. The van der Waals surface area contributed by atoms with Gasteiger partial charge < -0.3 is 19.1 Å². The van der Waals surface area contributed by atoms with E-state index in [4.69, 9.17) is 9.72 Å². The number of ether oxygens (including phenoxy) is 1. The number of pyridine rings is 1. The number of likely N-dealkylation sites (N-methyl/N-ethyl adjacent to an activating group) is 1. The van der Waals surface area contributed by atoms with Crippen molar-refractivity contribution in [3.8, 4) is 5.75 Å². The monoisotopic (exact) mass is 477 g/mol. The molecule has 188 valence electrons. The van der Waals surface area contributed by atoms with Gasteiger partial charge in [-0.05, 0) is 65.0 Å². The van der Waals surface area contributed by atoms with Crippen LogP contribution >= 0.6 is 0 Å². The summed E-state index contributed by atoms with van der Waals surface area (Å²) in [5.41, 5.74) is 3.47. The third-order valence-electron chi connectivity index (χ3n) is 7.01. The van der Waals surface area contributed by atoms with Crippen molar-refractivity contribution in [2.45, 2.75) is 71.0 Å². The van der Waals surface area contributed by atoms with Crippen molar-refractivity contribution in [3.05, 3.63) is 53.5 Å². The number of amides is 1. The summed E-state index contributed by atoms with van der Waals surface area (Å²) in [5.74, 6) is 1.83. The summed E-state index contributed by atoms with van der Waals surface area (Å²) < 4.78 is 8.01. The van der Waals surface area contributed by atoms with Crippen LogP contribution < -0.4 is 4.74 Å². The van der Waals surface area contributed by atoms with Crippen LogP contribution in [0.3, 0.4) is 0 Å². The molecule has 35 heavy (non-hydrogen) atoms. The molecule has 0 saturated heterocycles. The molecule has 0 unspecified atom stereocenters. The van der Waals surface area contributed by atoms with E-state index < -0.39 is 0 Å². The average molecular weight is 478 g/mol. The smallest absolute Gasteiger partial charge is 0.254 e. The Morgan fingerprint density at radius 1 is 1.17 bits per heavy atom. The van der Waals surface area contributed by atoms with Crippen LogP contribution in [0, 0.1) is 0 Å². The molecule has 1 aliphatic rings. The lowest BCUT2D eigenvalue weighted by molar-refractivity contribution is 0.0555. The molecule has 0 radical (unpaired) electrons. The van der Waals surface area contributed by atoms with Gasteiger partial charge in [-0.3, -0.25) is 4.79 Å². The zero-order valence-corrected chi connectivity index (χ0v) is 21.8. The number of imidazole rings is 1. The van der Waals surface area contributed by atoms with E-state index >= 15 is 0 Å². The summed E-state index contributed by atoms with van der Waals surface area (Å²) in [6.45, 7) is 5.75. The fourth-order valence-corrected chi connectivity index (χ4v) is 5.21. The van der Waals surface area contributed by atoms with E-state index in [-0.39, 0.29) is 11.9 Å². The fraction of sp³-hybridized carbons (Fsp3) is 0.536. The Morgan fingerprint density at radius 3 is 2.63 bits per heavy atom. The first-order valence-electron chi connectivity index (χ1n) is 12.8. The number of aromatic nitrogens is 3. The molecule has 1 aliphatic carbocycles. The number of methoxy groups -OCH3 is 1. The van der Waals surface area contributed by atoms with Crippen LogP contribution in [0.15, 0.2) is 36.5 Å². The first-order chi connectivity index (χ1) is 16.9. The molecule has 2 aromatic heterocycles. The van der Waals surface area contributed by atoms with Crippen molar-refractivity contribution >= 4 is 17.1 Å². The van der Waals surface area contributed by atoms with Crippen molar-refractivity contribution in [1.82, 2.24) is 24.3 Å². The van der Waals surface area contributed by atoms with Crippen molar-refractivity contribution in [2.75, 3.05) is 27.7 Å². The number of nitrogens with zero attached hydrogens (tertiary/aromatic N) is 5. The molecular weight excluding hydrogens is 438 g/mol. The first-order valence-corrected chi connectivity index (χ1v) is 12.8. The standard InChI is InChI=1S/C28H39N5O2/c1-20(2)33(23-10-7-6-8-11-23)28(34)21-13-14-22(25(18-21)35-5)19-32-24-12-9-16-29-27(24)30-26(32)15-17-31(3)4/h9,12-14,16,18,20,23H,6-8,10-11,15,17,19H2,1-5H3. The maximum absolute atomic E-state index is 13.6. The number of hydrogen-bond donors (Lipinski definition) is 0. The van der Waals surface area contributed by atoms with Crippen LogP contribution in [-0.4, -0.2) is 70.1 Å². The van der Waals surface area contributed by atoms with Gasteiger partial charge in [0.05, 0.1) is 19.2 Å². The van der Waals surface area contributed by atoms with E-state index in [1.807, 2.05) is 24.3 Å². The van der Waals surface area contributed by atoms with Crippen molar-refractivity contribution in [3.63, 3.8) is 0 Å². The Bertz CT molecular complexity index is 1150. The Labute approximate surface area is 209 Å². The van der Waals surface area contributed by atoms with Gasteiger partial charge in [-0.2, -0.15) is 0 Å². The Kier molecular flexibility index (Phi) is 8.06. The lowest BCUT2D eigenvalue weighted by atomic mass is 9.92. The van der Waals surface area contributed by atoms with E-state index in [1.165, 1.54) is 19.3 Å². The summed E-state index contributed by atoms with van der Waals surface area (Å²) in [6.07, 6.45) is 8.47. The van der Waals surface area contributed by atoms with Crippen LogP contribution in [-0.2, 0) is 13.0 Å². The van der Waals surface area contributed by atoms with E-state index in [1.54, 1.807) is 13.3 Å². The van der Waals surface area contributed by atoms with Crippen LogP contribution in [0.5, 0.6) is 5.75 Å². The Balaban J connectivity index is 1.63. The molecule has 3 aromatic rings. The van der Waals surface area contributed by atoms with E-state index in [0.717, 1.165) is 54.1 Å². The quantitative estimate of drug-likeness (QED) is 0.444. The molecule has 1 aromatic carbocycles. The van der Waals surface area contributed by atoms with Gasteiger partial charge >= 0.3 is 0 Å². The zero-order valence-electron chi connectivity index (χ0n) is 21.8. The van der Waals surface area contributed by atoms with E-state index in [0.29, 0.717) is 18.2 Å². The van der Waals surface area contributed by atoms with Gasteiger partial charge in [0.1, 0.15) is 11.6 Å². The molecule has 4 rings (SSSR count). The Morgan fingerprint density at radius 2 is 1.94 bits per heavy atom. The SMILES string of the molecule is COc1cc(C(=O)N(C(C)C)C2CCCCC2)ccc1Cn1c(CCN(C)C)nc2ncccc21. The fourth-order valence-electron chi connectivity index (χ4n) is 5.21. The highest BCUT2D eigenvalue weighted by atomic mass is 16.5. The van der Waals surface area contributed by atoms with Gasteiger partial charge in [-0.25, -0.2) is 9.97 Å². The molecule has 0 atom stereocenters. The summed E-state index contributed by atoms with van der Waals surface area (Å²) >= 11 is 0. The Hall–Kier alpha value is -2.93. The van der Waals surface area contributed by atoms with Crippen LogP contribution in [0.2, 0.25) is 0 Å². The second-order valence-corrected chi connectivity index (χ2v) is 10.1. The van der Waals surface area contributed by atoms with Crippen LogP contribution in [0.25, 0.3) is 11.2 Å². The zero-order chi connectivity index (χ0) is 24.9. The number of carbonyl (C=O) groups excluding carboxylic acids is 1. The molecule has 1 saturated carbocycles. The maximum atomic E-state index is 13.6. The highest BCUT2D eigenvalue weighted by Gasteiger charge is 2.29. The summed E-state index contributed by atoms with van der Waals surface area (Å²) in [4.78, 5) is 27.1. The second kappa shape index (κ2) is 11.2. The number of hydrogen-bond acceptors (Lipinski definition) is 5. The normalized spacial score (nSPS) is 14.7. The van der Waals surface area contributed by atoms with Gasteiger partial charge in [0.25, 0.3) is 5.91 Å². The molecule has 1 amide bonds. The predicted molar refractivity (Wildman–Crippen MR) is 140 cm³/mol. The van der Waals surface area contributed by atoms with Gasteiger partial charge in [0.15, 0.2) is 5.65 Å². The number of carbonyl (C=O) groups is 1. The molecule has 0 bridgehead atoms. The van der Waals surface area contributed by atoms with Crippen molar-refractivity contribution < 1.29 is 9.53 Å². The molecule has 0 aliphatic heterocycles. The first kappa shape index (κ1) is 25.2. The van der Waals surface area contributed by atoms with Crippen LogP contribution in [0.1, 0.15) is 67.7 Å². The minimum atomic E-state index is 0.0979. The predicted octanol–water partition coefficient (Wildman–Crippen LogP) is 4.78. The van der Waals surface area contributed by atoms with E-state index in [2.05, 4.69) is 53.4 Å². The topological polar surface area (TPSA) is 63.5 Å².